The van der Waals surface area contributed by atoms with Crippen molar-refractivity contribution >= 4 is 27.2 Å². The lowest BCUT2D eigenvalue weighted by Gasteiger charge is -2.36. The van der Waals surface area contributed by atoms with Crippen molar-refractivity contribution in [3.8, 4) is 5.75 Å². The molecule has 2 N–H and O–H groups in total. The second kappa shape index (κ2) is 7.88. The third-order valence-corrected chi connectivity index (χ3v) is 7.28. The molecule has 8 heteroatoms. The van der Waals surface area contributed by atoms with Crippen molar-refractivity contribution in [2.75, 3.05) is 44.8 Å². The monoisotopic (exact) mass is 384 g/mol. The Bertz CT molecular complexity index is 698. The van der Waals surface area contributed by atoms with Gasteiger partial charge in [0.15, 0.2) is 14.9 Å². The normalized spacial score (nSPS) is 23.4. The fraction of sp³-hybridized carbons (Fsp3) is 0.588. The van der Waals surface area contributed by atoms with Crippen molar-refractivity contribution in [3.63, 3.8) is 0 Å². The van der Waals surface area contributed by atoms with Crippen LogP contribution in [0.15, 0.2) is 24.3 Å². The standard InChI is InChI=1S/C17H25N3O3S2/c1-23-16-4-2-14(3-5-16)12-18-17(24)20-9-7-19(8-10-20)15-6-11-25(21,22)13-15/h2-5,15H,6-13H2,1H3,(H,18,24)/p+1/t15-/m0/s1. The molecule has 0 unspecified atom stereocenters. The van der Waals surface area contributed by atoms with E-state index in [1.807, 2.05) is 24.3 Å². The number of nitrogens with zero attached hydrogens (tertiary/aromatic N) is 1. The van der Waals surface area contributed by atoms with Crippen LogP contribution in [0.2, 0.25) is 0 Å². The van der Waals surface area contributed by atoms with E-state index in [1.165, 1.54) is 4.90 Å². The number of methoxy groups -OCH3 is 1. The van der Waals surface area contributed by atoms with Gasteiger partial charge in [0.25, 0.3) is 0 Å². The Labute approximate surface area is 155 Å². The largest absolute Gasteiger partial charge is 0.497 e. The third kappa shape index (κ3) is 4.83. The molecule has 2 heterocycles. The van der Waals surface area contributed by atoms with Gasteiger partial charge < -0.3 is 19.9 Å². The first kappa shape index (κ1) is 18.4. The number of nitrogens with one attached hydrogen (secondary N) is 2. The molecular formula is C17H26N3O3S2+. The summed E-state index contributed by atoms with van der Waals surface area (Å²) in [5, 5.41) is 4.09. The van der Waals surface area contributed by atoms with Crippen molar-refractivity contribution < 1.29 is 18.1 Å². The maximum Gasteiger partial charge on any atom is 0.169 e. The average Bonchev–Trinajstić information content (AvgIpc) is 3.00. The molecule has 138 valence electrons. The lowest BCUT2D eigenvalue weighted by atomic mass is 10.2. The van der Waals surface area contributed by atoms with E-state index in [0.717, 1.165) is 49.0 Å². The highest BCUT2D eigenvalue weighted by Gasteiger charge is 2.37. The zero-order valence-corrected chi connectivity index (χ0v) is 16.2. The van der Waals surface area contributed by atoms with Crippen LogP contribution in [0, 0.1) is 0 Å². The summed E-state index contributed by atoms with van der Waals surface area (Å²) in [6.45, 7) is 4.34. The molecule has 1 atom stereocenters. The molecule has 2 saturated heterocycles. The molecule has 0 bridgehead atoms. The number of quaternary nitrogens is 1. The Morgan fingerprint density at radius 1 is 1.32 bits per heavy atom. The fourth-order valence-electron chi connectivity index (χ4n) is 3.56. The Kier molecular flexibility index (Phi) is 5.81. The van der Waals surface area contributed by atoms with Gasteiger partial charge in [-0.2, -0.15) is 0 Å². The van der Waals surface area contributed by atoms with Gasteiger partial charge in [0, 0.05) is 13.0 Å². The van der Waals surface area contributed by atoms with Crippen molar-refractivity contribution in [2.24, 2.45) is 0 Å². The molecule has 3 rings (SSSR count). The second-order valence-corrected chi connectivity index (χ2v) is 9.37. The number of hydrogen-bond acceptors (Lipinski definition) is 4. The number of hydrogen-bond donors (Lipinski definition) is 2. The van der Waals surface area contributed by atoms with Gasteiger partial charge in [-0.05, 0) is 29.9 Å². The summed E-state index contributed by atoms with van der Waals surface area (Å²) >= 11 is 5.52. The van der Waals surface area contributed by atoms with Gasteiger partial charge >= 0.3 is 0 Å². The van der Waals surface area contributed by atoms with Crippen molar-refractivity contribution in [1.29, 1.82) is 0 Å². The number of sulfone groups is 1. The van der Waals surface area contributed by atoms with Gasteiger partial charge in [-0.1, -0.05) is 12.1 Å². The van der Waals surface area contributed by atoms with Crippen LogP contribution in [0.25, 0.3) is 0 Å². The van der Waals surface area contributed by atoms with E-state index >= 15 is 0 Å². The van der Waals surface area contributed by atoms with Crippen LogP contribution in [-0.2, 0) is 16.4 Å². The minimum absolute atomic E-state index is 0.271. The van der Waals surface area contributed by atoms with E-state index in [0.29, 0.717) is 18.1 Å². The van der Waals surface area contributed by atoms with Crippen molar-refractivity contribution in [1.82, 2.24) is 10.2 Å². The molecule has 0 radical (unpaired) electrons. The molecule has 0 aromatic heterocycles. The fourth-order valence-corrected chi connectivity index (χ4v) is 5.64. The summed E-state index contributed by atoms with van der Waals surface area (Å²) in [7, 11) is -1.14. The maximum atomic E-state index is 11.7. The van der Waals surface area contributed by atoms with Crippen LogP contribution in [-0.4, -0.2) is 69.3 Å². The van der Waals surface area contributed by atoms with Gasteiger partial charge in [-0.15, -0.1) is 0 Å². The summed E-state index contributed by atoms with van der Waals surface area (Å²) in [4.78, 5) is 3.60. The molecule has 2 fully saturated rings. The van der Waals surface area contributed by atoms with E-state index in [9.17, 15) is 8.42 Å². The first-order valence-corrected chi connectivity index (χ1v) is 10.9. The smallest absolute Gasteiger partial charge is 0.169 e. The molecule has 2 aliphatic rings. The van der Waals surface area contributed by atoms with E-state index < -0.39 is 9.84 Å². The van der Waals surface area contributed by atoms with E-state index in [-0.39, 0.29) is 6.04 Å². The quantitative estimate of drug-likeness (QED) is 0.680. The molecule has 0 saturated carbocycles. The molecule has 1 aromatic rings. The Morgan fingerprint density at radius 2 is 2.00 bits per heavy atom. The molecule has 0 aliphatic carbocycles. The Balaban J connectivity index is 1.43. The molecule has 25 heavy (non-hydrogen) atoms. The SMILES string of the molecule is COc1ccc(CNC(=S)N2CC[NH+]([C@H]3CCS(=O)(=O)C3)CC2)cc1. The topological polar surface area (TPSA) is 63.1 Å². The van der Waals surface area contributed by atoms with Gasteiger partial charge in [0.2, 0.25) is 0 Å². The van der Waals surface area contributed by atoms with Crippen LogP contribution < -0.4 is 15.0 Å². The summed E-state index contributed by atoms with van der Waals surface area (Å²) < 4.78 is 28.5. The molecule has 2 aliphatic heterocycles. The summed E-state index contributed by atoms with van der Waals surface area (Å²) in [5.41, 5.74) is 1.16. The molecule has 1 aromatic carbocycles. The highest BCUT2D eigenvalue weighted by atomic mass is 32.2. The predicted molar refractivity (Wildman–Crippen MR) is 102 cm³/mol. The number of thiocarbonyl (C=S) groups is 1. The predicted octanol–water partition coefficient (Wildman–Crippen LogP) is -0.543. The lowest BCUT2D eigenvalue weighted by molar-refractivity contribution is -0.925. The van der Waals surface area contributed by atoms with E-state index in [2.05, 4.69) is 10.2 Å². The third-order valence-electron chi connectivity index (χ3n) is 5.11. The van der Waals surface area contributed by atoms with Gasteiger partial charge in [0.1, 0.15) is 17.5 Å². The summed E-state index contributed by atoms with van der Waals surface area (Å²) in [5.74, 6) is 1.55. The molecular weight excluding hydrogens is 358 g/mol. The van der Waals surface area contributed by atoms with E-state index in [1.54, 1.807) is 7.11 Å². The maximum absolute atomic E-state index is 11.7. The summed E-state index contributed by atoms with van der Waals surface area (Å²) in [6, 6.07) is 8.21. The van der Waals surface area contributed by atoms with Crippen LogP contribution in [0.4, 0.5) is 0 Å². The zero-order chi connectivity index (χ0) is 17.9. The number of piperazine rings is 1. The second-order valence-electron chi connectivity index (χ2n) is 6.75. The zero-order valence-electron chi connectivity index (χ0n) is 14.5. The minimum Gasteiger partial charge on any atom is -0.497 e. The van der Waals surface area contributed by atoms with Gasteiger partial charge in [-0.25, -0.2) is 8.42 Å². The van der Waals surface area contributed by atoms with Crippen molar-refractivity contribution in [2.45, 2.75) is 19.0 Å². The highest BCUT2D eigenvalue weighted by Crippen LogP contribution is 2.11. The average molecular weight is 385 g/mol. The van der Waals surface area contributed by atoms with Gasteiger partial charge in [0.05, 0.1) is 39.0 Å². The van der Waals surface area contributed by atoms with Crippen LogP contribution >= 0.6 is 12.2 Å². The number of rotatable bonds is 4. The first-order chi connectivity index (χ1) is 12.0. The summed E-state index contributed by atoms with van der Waals surface area (Å²) in [6.07, 6.45) is 0.803. The number of ether oxygens (including phenoxy) is 1. The minimum atomic E-state index is -2.80. The van der Waals surface area contributed by atoms with Crippen LogP contribution in [0.5, 0.6) is 5.75 Å². The van der Waals surface area contributed by atoms with E-state index in [4.69, 9.17) is 17.0 Å². The van der Waals surface area contributed by atoms with Crippen LogP contribution in [0.1, 0.15) is 12.0 Å². The van der Waals surface area contributed by atoms with Gasteiger partial charge in [-0.3, -0.25) is 0 Å². The Morgan fingerprint density at radius 3 is 2.56 bits per heavy atom. The lowest BCUT2D eigenvalue weighted by Crippen LogP contribution is -3.18. The molecule has 0 spiro atoms. The van der Waals surface area contributed by atoms with Crippen LogP contribution in [0.3, 0.4) is 0 Å². The number of benzene rings is 1. The highest BCUT2D eigenvalue weighted by molar-refractivity contribution is 7.91. The molecule has 6 nitrogen and oxygen atoms in total. The first-order valence-electron chi connectivity index (χ1n) is 8.67. The molecule has 0 amide bonds. The van der Waals surface area contributed by atoms with Crippen molar-refractivity contribution in [3.05, 3.63) is 29.8 Å². The Hall–Kier alpha value is -1.38.